The van der Waals surface area contributed by atoms with Gasteiger partial charge in [-0.1, -0.05) is 57.5 Å². The minimum atomic E-state index is -0.440. The van der Waals surface area contributed by atoms with E-state index in [-0.39, 0.29) is 22.5 Å². The molecular weight excluding hydrogens is 592 g/mol. The Labute approximate surface area is 272 Å². The topological polar surface area (TPSA) is 82.0 Å². The second-order valence-electron chi connectivity index (χ2n) is 13.4. The molecular formula is C36H49ClN2O4S. The largest absolute Gasteiger partial charge is 0.490 e. The lowest BCUT2D eigenvalue weighted by atomic mass is 9.62. The first-order chi connectivity index (χ1) is 21.2. The molecule has 0 aromatic heterocycles. The summed E-state index contributed by atoms with van der Waals surface area (Å²) < 4.78 is 9.71. The summed E-state index contributed by atoms with van der Waals surface area (Å²) in [5.74, 6) is 2.24. The van der Waals surface area contributed by atoms with E-state index in [4.69, 9.17) is 21.4 Å². The number of anilines is 1. The monoisotopic (exact) mass is 640 g/mol. The molecule has 2 aromatic carbocycles. The average Bonchev–Trinajstić information content (AvgIpc) is 3.17. The Morgan fingerprint density at radius 1 is 1.14 bits per heavy atom. The first-order valence-corrected chi connectivity index (χ1v) is 17.6. The van der Waals surface area contributed by atoms with Crippen LogP contribution in [0.3, 0.4) is 0 Å². The maximum absolute atomic E-state index is 13.3. The van der Waals surface area contributed by atoms with Gasteiger partial charge in [-0.3, -0.25) is 9.52 Å². The maximum Gasteiger partial charge on any atom is 0.261 e. The SMILES string of the molecule is CC1C/C=C/C(O)C2CC(C)C2CN2CC3(CCCc4cc(Cl)ccc43)COc3ccc(cc32)C(=O)NSC1C.CCCO. The zero-order valence-electron chi connectivity index (χ0n) is 26.6. The standard InChI is InChI=1S/C33H41ClN2O3S.C3H8O/c1-20-6-4-8-30(37)26-14-21(2)27(26)17-36-18-33(13-5-7-23-15-25(34)10-11-28(23)33)19-39-31-12-9-24(16-29(31)36)32(38)35-40-22(20)3;1-2-3-4/h4,8-12,15-16,20-22,26-27,30,37H,5-7,13-14,17-19H2,1-3H3,(H,35,38);4H,2-3H2,1H3/b8-4+;. The van der Waals surface area contributed by atoms with Crippen LogP contribution >= 0.6 is 23.5 Å². The fourth-order valence-corrected chi connectivity index (χ4v) is 8.26. The summed E-state index contributed by atoms with van der Waals surface area (Å²) in [5.41, 5.74) is 4.12. The van der Waals surface area contributed by atoms with E-state index in [1.54, 1.807) is 0 Å². The first kappa shape index (κ1) is 33.2. The number of hydrogen-bond acceptors (Lipinski definition) is 6. The number of hydrogen-bond donors (Lipinski definition) is 3. The van der Waals surface area contributed by atoms with Crippen LogP contribution in [-0.4, -0.2) is 53.8 Å². The number of nitrogens with zero attached hydrogens (tertiary/aromatic N) is 1. The summed E-state index contributed by atoms with van der Waals surface area (Å²) in [5, 5.41) is 20.1. The van der Waals surface area contributed by atoms with Crippen LogP contribution < -0.4 is 14.4 Å². The van der Waals surface area contributed by atoms with Crippen molar-refractivity contribution in [1.82, 2.24) is 4.72 Å². The number of allylic oxidation sites excluding steroid dienone is 1. The molecule has 4 aliphatic rings. The van der Waals surface area contributed by atoms with Crippen LogP contribution in [0.5, 0.6) is 5.75 Å². The summed E-state index contributed by atoms with van der Waals surface area (Å²) in [6.45, 7) is 11.1. The molecule has 1 fully saturated rings. The van der Waals surface area contributed by atoms with Crippen LogP contribution in [0.4, 0.5) is 5.69 Å². The fraction of sp³-hybridized carbons (Fsp3) is 0.583. The second-order valence-corrected chi connectivity index (χ2v) is 15.1. The minimum Gasteiger partial charge on any atom is -0.490 e. The van der Waals surface area contributed by atoms with E-state index >= 15 is 0 Å². The molecule has 240 valence electrons. The molecule has 3 N–H and O–H groups in total. The normalized spacial score (nSPS) is 32.4. The highest BCUT2D eigenvalue weighted by atomic mass is 35.5. The predicted molar refractivity (Wildman–Crippen MR) is 182 cm³/mol. The molecule has 0 radical (unpaired) electrons. The molecule has 6 nitrogen and oxygen atoms in total. The lowest BCUT2D eigenvalue weighted by Gasteiger charge is -2.49. The Morgan fingerprint density at radius 3 is 2.68 bits per heavy atom. The fourth-order valence-electron chi connectivity index (χ4n) is 7.31. The molecule has 2 aliphatic carbocycles. The van der Waals surface area contributed by atoms with Crippen LogP contribution in [0.1, 0.15) is 81.3 Å². The number of aryl methyl sites for hydroxylation is 1. The van der Waals surface area contributed by atoms with Gasteiger partial charge in [-0.05, 0) is 116 Å². The first-order valence-electron chi connectivity index (χ1n) is 16.4. The third kappa shape index (κ3) is 7.11. The number of amides is 1. The molecule has 2 heterocycles. The molecule has 7 unspecified atom stereocenters. The number of benzene rings is 2. The van der Waals surface area contributed by atoms with Crippen LogP contribution in [0.15, 0.2) is 48.6 Å². The molecule has 1 amide bonds. The number of carbonyl (C=O) groups is 1. The maximum atomic E-state index is 13.3. The van der Waals surface area contributed by atoms with Crippen molar-refractivity contribution < 1.29 is 19.7 Å². The molecule has 44 heavy (non-hydrogen) atoms. The van der Waals surface area contributed by atoms with E-state index in [0.717, 1.165) is 68.1 Å². The Kier molecular flexibility index (Phi) is 10.9. The zero-order valence-corrected chi connectivity index (χ0v) is 28.2. The van der Waals surface area contributed by atoms with Crippen molar-refractivity contribution in [2.24, 2.45) is 23.7 Å². The highest BCUT2D eigenvalue weighted by molar-refractivity contribution is 7.98. The number of nitrogens with one attached hydrogen (secondary N) is 1. The quantitative estimate of drug-likeness (QED) is 0.226. The van der Waals surface area contributed by atoms with E-state index in [9.17, 15) is 9.90 Å². The van der Waals surface area contributed by atoms with Crippen molar-refractivity contribution in [2.75, 3.05) is 31.2 Å². The Hall–Kier alpha value is -2.19. The molecule has 1 spiro atoms. The van der Waals surface area contributed by atoms with Crippen molar-refractivity contribution in [3.63, 3.8) is 0 Å². The van der Waals surface area contributed by atoms with Gasteiger partial charge in [0.05, 0.1) is 18.4 Å². The van der Waals surface area contributed by atoms with Gasteiger partial charge >= 0.3 is 0 Å². The number of carbonyl (C=O) groups excluding carboxylic acids is 1. The van der Waals surface area contributed by atoms with Gasteiger partial charge in [-0.15, -0.1) is 0 Å². The summed E-state index contributed by atoms with van der Waals surface area (Å²) >= 11 is 7.89. The average molecular weight is 641 g/mol. The molecule has 0 saturated heterocycles. The summed E-state index contributed by atoms with van der Waals surface area (Å²) in [7, 11) is 0. The summed E-state index contributed by atoms with van der Waals surface area (Å²) in [6.07, 6.45) is 9.66. The number of rotatable bonds is 1. The highest BCUT2D eigenvalue weighted by Gasteiger charge is 2.46. The smallest absolute Gasteiger partial charge is 0.261 e. The number of aliphatic hydroxyl groups is 2. The van der Waals surface area contributed by atoms with Crippen LogP contribution in [0.2, 0.25) is 5.02 Å². The lowest BCUT2D eigenvalue weighted by Crippen LogP contribution is -2.52. The molecule has 6 rings (SSSR count). The zero-order chi connectivity index (χ0) is 31.4. The van der Waals surface area contributed by atoms with Gasteiger partial charge in [-0.2, -0.15) is 0 Å². The van der Waals surface area contributed by atoms with Gasteiger partial charge in [-0.25, -0.2) is 0 Å². The van der Waals surface area contributed by atoms with Gasteiger partial charge in [0.2, 0.25) is 0 Å². The van der Waals surface area contributed by atoms with Crippen molar-refractivity contribution in [3.8, 4) is 5.75 Å². The highest BCUT2D eigenvalue weighted by Crippen LogP contribution is 2.48. The van der Waals surface area contributed by atoms with Gasteiger partial charge in [0.15, 0.2) is 0 Å². The van der Waals surface area contributed by atoms with Crippen molar-refractivity contribution in [1.29, 1.82) is 0 Å². The lowest BCUT2D eigenvalue weighted by molar-refractivity contribution is -0.000379. The predicted octanol–water partition coefficient (Wildman–Crippen LogP) is 7.20. The minimum absolute atomic E-state index is 0.0728. The van der Waals surface area contributed by atoms with Crippen LogP contribution in [0, 0.1) is 23.7 Å². The summed E-state index contributed by atoms with van der Waals surface area (Å²) in [6, 6.07) is 12.2. The third-order valence-electron chi connectivity index (χ3n) is 10.3. The summed E-state index contributed by atoms with van der Waals surface area (Å²) in [4.78, 5) is 15.8. The van der Waals surface area contributed by atoms with E-state index in [1.807, 2.05) is 37.3 Å². The Morgan fingerprint density at radius 2 is 1.93 bits per heavy atom. The third-order valence-corrected chi connectivity index (χ3v) is 11.7. The van der Waals surface area contributed by atoms with Gasteiger partial charge in [0.25, 0.3) is 5.91 Å². The molecule has 8 heteroatoms. The molecule has 7 atom stereocenters. The number of aliphatic hydroxyl groups excluding tert-OH is 2. The Balaban J connectivity index is 0.000000906. The van der Waals surface area contributed by atoms with Crippen molar-refractivity contribution >= 4 is 35.1 Å². The van der Waals surface area contributed by atoms with Crippen LogP contribution in [0.25, 0.3) is 0 Å². The van der Waals surface area contributed by atoms with Crippen molar-refractivity contribution in [3.05, 3.63) is 70.3 Å². The Bertz CT molecular complexity index is 1340. The van der Waals surface area contributed by atoms with Crippen LogP contribution in [-0.2, 0) is 11.8 Å². The van der Waals surface area contributed by atoms with Gasteiger partial charge < -0.3 is 19.8 Å². The number of fused-ring (bicyclic) bond motifs is 4. The van der Waals surface area contributed by atoms with Crippen molar-refractivity contribution in [2.45, 2.75) is 83.0 Å². The van der Waals surface area contributed by atoms with E-state index < -0.39 is 6.10 Å². The molecule has 2 aromatic rings. The van der Waals surface area contributed by atoms with E-state index in [1.165, 1.54) is 23.1 Å². The van der Waals surface area contributed by atoms with Gasteiger partial charge in [0, 0.05) is 40.9 Å². The van der Waals surface area contributed by atoms with E-state index in [0.29, 0.717) is 36.5 Å². The number of halogens is 1. The number of ether oxygens (including phenoxy) is 1. The van der Waals surface area contributed by atoms with E-state index in [2.05, 4.69) is 48.6 Å². The molecule has 2 bridgehead atoms. The van der Waals surface area contributed by atoms with Gasteiger partial charge in [0.1, 0.15) is 5.75 Å². The second kappa shape index (κ2) is 14.5. The molecule has 1 saturated carbocycles. The molecule has 2 aliphatic heterocycles.